The van der Waals surface area contributed by atoms with E-state index in [0.29, 0.717) is 25.0 Å². The third kappa shape index (κ3) is 7.79. The minimum Gasteiger partial charge on any atom is -0.473 e. The maximum absolute atomic E-state index is 6.34. The summed E-state index contributed by atoms with van der Waals surface area (Å²) in [7, 11) is 4.39. The Morgan fingerprint density at radius 3 is 2.18 bits per heavy atom. The van der Waals surface area contributed by atoms with Crippen molar-refractivity contribution >= 4 is 5.69 Å². The molecule has 6 rings (SSSR count). The van der Waals surface area contributed by atoms with Gasteiger partial charge in [0.05, 0.1) is 0 Å². The van der Waals surface area contributed by atoms with Gasteiger partial charge in [-0.15, -0.1) is 0 Å². The molecule has 0 spiro atoms. The number of rotatable bonds is 13. The Bertz CT molecular complexity index is 1450. The lowest BCUT2D eigenvalue weighted by molar-refractivity contribution is 0.117. The molecule has 6 heteroatoms. The summed E-state index contributed by atoms with van der Waals surface area (Å²) >= 11 is 0. The molecule has 1 saturated carbocycles. The molecular weight excluding hydrogens is 544 g/mol. The third-order valence-corrected chi connectivity index (χ3v) is 9.45. The van der Waals surface area contributed by atoms with Crippen molar-refractivity contribution < 1.29 is 9.47 Å². The van der Waals surface area contributed by atoms with Gasteiger partial charge in [0.2, 0.25) is 11.8 Å². The summed E-state index contributed by atoms with van der Waals surface area (Å²) in [6.45, 7) is 4.33. The van der Waals surface area contributed by atoms with Crippen LogP contribution in [0.3, 0.4) is 0 Å². The van der Waals surface area contributed by atoms with Crippen molar-refractivity contribution in [2.75, 3.05) is 38.6 Å². The molecule has 2 heterocycles. The van der Waals surface area contributed by atoms with Crippen molar-refractivity contribution in [3.63, 3.8) is 0 Å². The van der Waals surface area contributed by atoms with Gasteiger partial charge in [-0.2, -0.15) is 4.98 Å². The number of nitrogens with zero attached hydrogens (tertiary/aromatic N) is 3. The molecule has 2 fully saturated rings. The van der Waals surface area contributed by atoms with E-state index in [9.17, 15) is 0 Å². The molecule has 1 N–H and O–H groups in total. The molecule has 1 aromatic heterocycles. The summed E-state index contributed by atoms with van der Waals surface area (Å²) in [5.41, 5.74) is 5.56. The van der Waals surface area contributed by atoms with Crippen LogP contribution < -0.4 is 19.7 Å². The van der Waals surface area contributed by atoms with Gasteiger partial charge in [-0.05, 0) is 93.6 Å². The topological polar surface area (TPSA) is 49.9 Å². The smallest absolute Gasteiger partial charge is 0.225 e. The van der Waals surface area contributed by atoms with E-state index in [0.717, 1.165) is 53.3 Å². The van der Waals surface area contributed by atoms with Gasteiger partial charge in [-0.1, -0.05) is 72.8 Å². The average Bonchev–Trinajstić information content (AvgIpc) is 3.06. The number of nitrogens with one attached hydrogen (secondary N) is 1. The molecule has 44 heavy (non-hydrogen) atoms. The van der Waals surface area contributed by atoms with Gasteiger partial charge in [0, 0.05) is 42.5 Å². The van der Waals surface area contributed by atoms with Crippen LogP contribution in [-0.4, -0.2) is 55.7 Å². The predicted molar refractivity (Wildman–Crippen MR) is 179 cm³/mol. The molecule has 0 atom stereocenters. The summed E-state index contributed by atoms with van der Waals surface area (Å²) in [5, 5.41) is 3.41. The number of pyridine rings is 1. The number of ether oxygens (including phenoxy) is 2. The van der Waals surface area contributed by atoms with Gasteiger partial charge in [0.1, 0.15) is 13.2 Å². The lowest BCUT2D eigenvalue weighted by atomic mass is 9.85. The number of piperidine rings is 1. The van der Waals surface area contributed by atoms with E-state index in [-0.39, 0.29) is 0 Å². The molecule has 230 valence electrons. The van der Waals surface area contributed by atoms with Gasteiger partial charge in [-0.25, -0.2) is 0 Å². The van der Waals surface area contributed by atoms with Crippen LogP contribution in [0.25, 0.3) is 11.1 Å². The Morgan fingerprint density at radius 2 is 1.50 bits per heavy atom. The number of aromatic nitrogens is 1. The molecule has 0 amide bonds. The summed E-state index contributed by atoms with van der Waals surface area (Å²) in [4.78, 5) is 9.97. The van der Waals surface area contributed by atoms with Crippen molar-refractivity contribution in [2.45, 2.75) is 57.4 Å². The van der Waals surface area contributed by atoms with Crippen LogP contribution in [0.4, 0.5) is 5.69 Å². The van der Waals surface area contributed by atoms with Crippen LogP contribution in [0.1, 0.15) is 43.2 Å². The number of benzene rings is 3. The molecule has 0 radical (unpaired) electrons. The Kier molecular flexibility index (Phi) is 10.1. The van der Waals surface area contributed by atoms with Gasteiger partial charge in [-0.3, -0.25) is 0 Å². The first kappa shape index (κ1) is 30.2. The van der Waals surface area contributed by atoms with Crippen molar-refractivity contribution in [2.24, 2.45) is 5.92 Å². The van der Waals surface area contributed by atoms with Gasteiger partial charge in [0.25, 0.3) is 0 Å². The first-order valence-electron chi connectivity index (χ1n) is 16.2. The molecular formula is C38H46N4O2. The van der Waals surface area contributed by atoms with Crippen molar-refractivity contribution in [1.29, 1.82) is 0 Å². The fraction of sp³-hybridized carbons (Fsp3) is 0.395. The predicted octanol–water partition coefficient (Wildman–Crippen LogP) is 7.20. The molecule has 6 nitrogen and oxygen atoms in total. The highest BCUT2D eigenvalue weighted by Gasteiger charge is 2.31. The number of hydrogen-bond donors (Lipinski definition) is 1. The van der Waals surface area contributed by atoms with Crippen LogP contribution in [0.2, 0.25) is 0 Å². The van der Waals surface area contributed by atoms with Crippen LogP contribution >= 0.6 is 0 Å². The van der Waals surface area contributed by atoms with Gasteiger partial charge >= 0.3 is 0 Å². The number of hydrogen-bond acceptors (Lipinski definition) is 6. The minimum absolute atomic E-state index is 0.447. The largest absolute Gasteiger partial charge is 0.473 e. The Morgan fingerprint density at radius 1 is 0.818 bits per heavy atom. The van der Waals surface area contributed by atoms with E-state index in [2.05, 4.69) is 83.8 Å². The zero-order valence-electron chi connectivity index (χ0n) is 26.2. The molecule has 1 aliphatic heterocycles. The lowest BCUT2D eigenvalue weighted by Crippen LogP contribution is -2.50. The van der Waals surface area contributed by atoms with Crippen LogP contribution in [0.5, 0.6) is 11.8 Å². The molecule has 3 aromatic carbocycles. The molecule has 1 aliphatic carbocycles. The maximum atomic E-state index is 6.34. The molecule has 4 aromatic rings. The van der Waals surface area contributed by atoms with E-state index in [4.69, 9.17) is 14.5 Å². The lowest BCUT2D eigenvalue weighted by Gasteiger charge is -2.42. The SMILES string of the molecule is CNC1CC(N(C)CCC2CCN(c3cccc(-c4ccc(OCc5ccccc5)nc4OCc4ccccc4)c3)CC2)C1. The summed E-state index contributed by atoms with van der Waals surface area (Å²) in [5.74, 6) is 1.96. The zero-order chi connectivity index (χ0) is 30.1. The first-order chi connectivity index (χ1) is 21.6. The van der Waals surface area contributed by atoms with Crippen molar-refractivity contribution in [3.05, 3.63) is 108 Å². The molecule has 1 saturated heterocycles. The second-order valence-corrected chi connectivity index (χ2v) is 12.4. The Labute approximate surface area is 263 Å². The number of anilines is 1. The molecule has 0 unspecified atom stereocenters. The quantitative estimate of drug-likeness (QED) is 0.178. The third-order valence-electron chi connectivity index (χ3n) is 9.45. The average molecular weight is 591 g/mol. The molecule has 2 aliphatic rings. The standard InChI is InChI=1S/C38H46N4O2/c1-39-33-25-35(26-33)41(2)21-18-29-19-22-42(23-20-29)34-15-9-14-32(24-34)36-16-17-37(43-27-30-10-5-3-6-11-30)40-38(36)44-28-31-12-7-4-8-13-31/h3-17,24,29,33,35,39H,18-23,25-28H2,1-2H3. The Hall–Kier alpha value is -3.87. The van der Waals surface area contributed by atoms with E-state index < -0.39 is 0 Å². The summed E-state index contributed by atoms with van der Waals surface area (Å²) in [6.07, 6.45) is 6.39. The Balaban J connectivity index is 1.11. The normalized spacial score (nSPS) is 18.7. The van der Waals surface area contributed by atoms with Gasteiger partial charge in [0.15, 0.2) is 0 Å². The fourth-order valence-corrected chi connectivity index (χ4v) is 6.39. The van der Waals surface area contributed by atoms with Crippen molar-refractivity contribution in [3.8, 4) is 22.9 Å². The van der Waals surface area contributed by atoms with E-state index in [1.807, 2.05) is 42.5 Å². The van der Waals surface area contributed by atoms with E-state index in [1.54, 1.807) is 0 Å². The maximum Gasteiger partial charge on any atom is 0.225 e. The second-order valence-electron chi connectivity index (χ2n) is 12.4. The zero-order valence-corrected chi connectivity index (χ0v) is 26.2. The van der Waals surface area contributed by atoms with Crippen LogP contribution in [-0.2, 0) is 13.2 Å². The highest BCUT2D eigenvalue weighted by molar-refractivity contribution is 5.73. The second kappa shape index (κ2) is 14.7. The highest BCUT2D eigenvalue weighted by atomic mass is 16.5. The van der Waals surface area contributed by atoms with Gasteiger partial charge < -0.3 is 24.6 Å². The van der Waals surface area contributed by atoms with Crippen LogP contribution in [0.15, 0.2) is 97.1 Å². The van der Waals surface area contributed by atoms with Crippen LogP contribution in [0, 0.1) is 5.92 Å². The summed E-state index contributed by atoms with van der Waals surface area (Å²) < 4.78 is 12.4. The highest BCUT2D eigenvalue weighted by Crippen LogP contribution is 2.35. The first-order valence-corrected chi connectivity index (χ1v) is 16.2. The van der Waals surface area contributed by atoms with E-state index in [1.165, 1.54) is 44.3 Å². The van der Waals surface area contributed by atoms with E-state index >= 15 is 0 Å². The summed E-state index contributed by atoms with van der Waals surface area (Å²) in [6, 6.07) is 34.8. The molecule has 0 bridgehead atoms. The monoisotopic (exact) mass is 590 g/mol. The fourth-order valence-electron chi connectivity index (χ4n) is 6.39. The van der Waals surface area contributed by atoms with Crippen molar-refractivity contribution in [1.82, 2.24) is 15.2 Å². The minimum atomic E-state index is 0.447.